The summed E-state index contributed by atoms with van der Waals surface area (Å²) in [6, 6.07) is 7.19. The third kappa shape index (κ3) is 3.81. The highest BCUT2D eigenvalue weighted by atomic mass is 16.5. The van der Waals surface area contributed by atoms with Crippen LogP contribution >= 0.6 is 0 Å². The number of amides is 1. The number of piperazine rings is 1. The second-order valence-electron chi connectivity index (χ2n) is 6.06. The second kappa shape index (κ2) is 8.53. The number of hydrogen-bond donors (Lipinski definition) is 1. The van der Waals surface area contributed by atoms with E-state index in [1.165, 1.54) is 20.3 Å². The van der Waals surface area contributed by atoms with Gasteiger partial charge in [0.1, 0.15) is 5.70 Å². The van der Waals surface area contributed by atoms with Crippen molar-refractivity contribution in [2.24, 2.45) is 0 Å². The number of benzene rings is 1. The van der Waals surface area contributed by atoms with Crippen LogP contribution in [0.25, 0.3) is 0 Å². The molecule has 0 spiro atoms. The van der Waals surface area contributed by atoms with Crippen LogP contribution in [0.5, 0.6) is 0 Å². The summed E-state index contributed by atoms with van der Waals surface area (Å²) in [7, 11) is 2.49. The molecule has 0 saturated carbocycles. The Hall–Kier alpha value is -3.39. The third-order valence-corrected chi connectivity index (χ3v) is 4.40. The minimum absolute atomic E-state index is 0.0307. The Balaban J connectivity index is 2.07. The standard InChI is InChI=1S/C20H21N3O5/c1-27-19(25)16-8-3-4-10-23(18(16)20(26)28-2)15-7-5-6-14(12-15)22-11-9-21-13-17(22)24/h3-8,10,12,21H,9,11,13H2,1-2H3. The highest BCUT2D eigenvalue weighted by Crippen LogP contribution is 2.29. The molecule has 1 amide bonds. The smallest absolute Gasteiger partial charge is 0.355 e. The maximum atomic E-state index is 12.5. The molecule has 2 aliphatic rings. The second-order valence-corrected chi connectivity index (χ2v) is 6.06. The topological polar surface area (TPSA) is 88.2 Å². The molecule has 0 bridgehead atoms. The number of esters is 2. The molecule has 8 heteroatoms. The molecule has 1 fully saturated rings. The first-order chi connectivity index (χ1) is 13.6. The lowest BCUT2D eigenvalue weighted by Gasteiger charge is -2.29. The molecule has 3 rings (SSSR count). The molecule has 1 saturated heterocycles. The van der Waals surface area contributed by atoms with Crippen LogP contribution in [0.1, 0.15) is 0 Å². The van der Waals surface area contributed by atoms with Gasteiger partial charge in [0.15, 0.2) is 0 Å². The maximum absolute atomic E-state index is 12.5. The SMILES string of the molecule is COC(=O)C1=C(C(=O)OC)N(c2cccc(N3CCNCC3=O)c2)C=CC=C1. The molecule has 8 nitrogen and oxygen atoms in total. The summed E-state index contributed by atoms with van der Waals surface area (Å²) >= 11 is 0. The van der Waals surface area contributed by atoms with Gasteiger partial charge in [-0.05, 0) is 30.4 Å². The van der Waals surface area contributed by atoms with Gasteiger partial charge in [-0.15, -0.1) is 0 Å². The summed E-state index contributed by atoms with van der Waals surface area (Å²) in [5.41, 5.74) is 1.41. The van der Waals surface area contributed by atoms with Gasteiger partial charge >= 0.3 is 11.9 Å². The van der Waals surface area contributed by atoms with Crippen LogP contribution in [0, 0.1) is 0 Å². The van der Waals surface area contributed by atoms with Crippen molar-refractivity contribution in [3.8, 4) is 0 Å². The van der Waals surface area contributed by atoms with E-state index in [0.29, 0.717) is 24.5 Å². The van der Waals surface area contributed by atoms with E-state index in [2.05, 4.69) is 5.32 Å². The van der Waals surface area contributed by atoms with Crippen LogP contribution in [0.2, 0.25) is 0 Å². The fourth-order valence-corrected chi connectivity index (χ4v) is 3.06. The molecule has 1 N–H and O–H groups in total. The van der Waals surface area contributed by atoms with Crippen molar-refractivity contribution in [3.63, 3.8) is 0 Å². The van der Waals surface area contributed by atoms with Gasteiger partial charge in [0.2, 0.25) is 5.91 Å². The van der Waals surface area contributed by atoms with Crippen LogP contribution in [0.4, 0.5) is 11.4 Å². The lowest BCUT2D eigenvalue weighted by atomic mass is 10.1. The fraction of sp³-hybridized carbons (Fsp3) is 0.250. The number of nitrogens with one attached hydrogen (secondary N) is 1. The monoisotopic (exact) mass is 383 g/mol. The Morgan fingerprint density at radius 1 is 1.07 bits per heavy atom. The van der Waals surface area contributed by atoms with Gasteiger partial charge in [0, 0.05) is 30.7 Å². The molecule has 0 atom stereocenters. The van der Waals surface area contributed by atoms with Crippen molar-refractivity contribution in [3.05, 3.63) is 60.0 Å². The predicted molar refractivity (Wildman–Crippen MR) is 103 cm³/mol. The maximum Gasteiger partial charge on any atom is 0.355 e. The zero-order chi connectivity index (χ0) is 20.1. The number of nitrogens with zero attached hydrogens (tertiary/aromatic N) is 2. The van der Waals surface area contributed by atoms with E-state index < -0.39 is 11.9 Å². The molecule has 0 unspecified atom stereocenters. The van der Waals surface area contributed by atoms with Crippen molar-refractivity contribution in [1.82, 2.24) is 5.32 Å². The van der Waals surface area contributed by atoms with Crippen LogP contribution in [0.3, 0.4) is 0 Å². The number of carbonyl (C=O) groups is 3. The largest absolute Gasteiger partial charge is 0.465 e. The predicted octanol–water partition coefficient (Wildman–Crippen LogP) is 1.11. The van der Waals surface area contributed by atoms with Gasteiger partial charge in [0.25, 0.3) is 0 Å². The van der Waals surface area contributed by atoms with Gasteiger partial charge < -0.3 is 24.6 Å². The van der Waals surface area contributed by atoms with Crippen LogP contribution in [-0.4, -0.2) is 51.7 Å². The van der Waals surface area contributed by atoms with Crippen LogP contribution < -0.4 is 15.1 Å². The summed E-state index contributed by atoms with van der Waals surface area (Å²) in [5, 5.41) is 3.03. The van der Waals surface area contributed by atoms with Gasteiger partial charge in [-0.25, -0.2) is 9.59 Å². The number of rotatable bonds is 4. The highest BCUT2D eigenvalue weighted by Gasteiger charge is 2.28. The van der Waals surface area contributed by atoms with E-state index in [4.69, 9.17) is 9.47 Å². The minimum atomic E-state index is -0.680. The third-order valence-electron chi connectivity index (χ3n) is 4.40. The summed E-state index contributed by atoms with van der Waals surface area (Å²) < 4.78 is 9.72. The molecular formula is C20H21N3O5. The average molecular weight is 383 g/mol. The van der Waals surface area contributed by atoms with Crippen molar-refractivity contribution in [1.29, 1.82) is 0 Å². The molecule has 0 aromatic heterocycles. The quantitative estimate of drug-likeness (QED) is 0.780. The Bertz CT molecular complexity index is 888. The first-order valence-electron chi connectivity index (χ1n) is 8.73. The molecule has 0 radical (unpaired) electrons. The average Bonchev–Trinajstić information content (AvgIpc) is 2.96. The molecule has 2 heterocycles. The zero-order valence-electron chi connectivity index (χ0n) is 15.7. The molecule has 0 aliphatic carbocycles. The van der Waals surface area contributed by atoms with E-state index in [9.17, 15) is 14.4 Å². The van der Waals surface area contributed by atoms with Crippen molar-refractivity contribution in [2.75, 3.05) is 43.7 Å². The Morgan fingerprint density at radius 3 is 2.54 bits per heavy atom. The molecule has 1 aromatic rings. The number of hydrogen-bond acceptors (Lipinski definition) is 7. The van der Waals surface area contributed by atoms with E-state index >= 15 is 0 Å². The summed E-state index contributed by atoms with van der Waals surface area (Å²) in [6.07, 6.45) is 6.48. The molecule has 1 aromatic carbocycles. The number of carbonyl (C=O) groups excluding carboxylic acids is 3. The minimum Gasteiger partial charge on any atom is -0.465 e. The normalized spacial score (nSPS) is 16.9. The van der Waals surface area contributed by atoms with Crippen LogP contribution in [-0.2, 0) is 23.9 Å². The van der Waals surface area contributed by atoms with Gasteiger partial charge in [-0.1, -0.05) is 12.1 Å². The number of ether oxygens (including phenoxy) is 2. The van der Waals surface area contributed by atoms with Gasteiger partial charge in [0.05, 0.1) is 26.3 Å². The summed E-state index contributed by atoms with van der Waals surface area (Å²) in [4.78, 5) is 40.2. The Kier molecular flexibility index (Phi) is 5.90. The van der Waals surface area contributed by atoms with Gasteiger partial charge in [-0.2, -0.15) is 0 Å². The number of methoxy groups -OCH3 is 2. The molecule has 28 heavy (non-hydrogen) atoms. The lowest BCUT2D eigenvalue weighted by molar-refractivity contribution is -0.139. The zero-order valence-corrected chi connectivity index (χ0v) is 15.7. The first kappa shape index (κ1) is 19.4. The Morgan fingerprint density at radius 2 is 1.82 bits per heavy atom. The summed E-state index contributed by atoms with van der Waals surface area (Å²) in [6.45, 7) is 1.52. The van der Waals surface area contributed by atoms with Crippen LogP contribution in [0.15, 0.2) is 60.0 Å². The van der Waals surface area contributed by atoms with Gasteiger partial charge in [-0.3, -0.25) is 4.79 Å². The fourth-order valence-electron chi connectivity index (χ4n) is 3.06. The molecular weight excluding hydrogens is 362 g/mol. The molecule has 2 aliphatic heterocycles. The highest BCUT2D eigenvalue weighted by molar-refractivity contribution is 6.05. The molecule has 146 valence electrons. The van der Waals surface area contributed by atoms with E-state index in [1.807, 2.05) is 6.07 Å². The Labute approximate surface area is 162 Å². The van der Waals surface area contributed by atoms with E-state index in [-0.39, 0.29) is 23.7 Å². The van der Waals surface area contributed by atoms with Crippen molar-refractivity contribution < 1.29 is 23.9 Å². The first-order valence-corrected chi connectivity index (χ1v) is 8.73. The summed E-state index contributed by atoms with van der Waals surface area (Å²) in [5.74, 6) is -1.37. The van der Waals surface area contributed by atoms with Crippen molar-refractivity contribution in [2.45, 2.75) is 0 Å². The lowest BCUT2D eigenvalue weighted by Crippen LogP contribution is -2.48. The number of allylic oxidation sites excluding steroid dienone is 2. The van der Waals surface area contributed by atoms with E-state index in [0.717, 1.165) is 0 Å². The number of anilines is 2. The van der Waals surface area contributed by atoms with E-state index in [1.54, 1.807) is 46.4 Å². The van der Waals surface area contributed by atoms with Crippen molar-refractivity contribution >= 4 is 29.2 Å².